The van der Waals surface area contributed by atoms with Gasteiger partial charge in [0.15, 0.2) is 35.2 Å². The first-order valence-electron chi connectivity index (χ1n) is 12.1. The highest BCUT2D eigenvalue weighted by atomic mass is 16.5. The third-order valence-electron chi connectivity index (χ3n) is 6.54. The highest BCUT2D eigenvalue weighted by molar-refractivity contribution is 6.05. The average Bonchev–Trinajstić information content (AvgIpc) is 3.28. The van der Waals surface area contributed by atoms with Crippen molar-refractivity contribution in [3.8, 4) is 40.2 Å². The SMILES string of the molecule is CC.COc1cc(C2Oc3c(O)cc(C4Oc5cc(O)cc(O)c5C(=O)C4OC)cc3[C@H]2CO)ccc1O. The van der Waals surface area contributed by atoms with Crippen LogP contribution in [0.2, 0.25) is 0 Å². The lowest BCUT2D eigenvalue weighted by Crippen LogP contribution is -2.37. The van der Waals surface area contributed by atoms with Crippen molar-refractivity contribution in [2.45, 2.75) is 38.1 Å². The molecule has 0 aromatic heterocycles. The molecule has 0 fully saturated rings. The molecular weight excluding hydrogens is 496 g/mol. The Morgan fingerprint density at radius 1 is 0.842 bits per heavy atom. The zero-order chi connectivity index (χ0) is 27.7. The van der Waals surface area contributed by atoms with E-state index in [1.54, 1.807) is 18.2 Å². The van der Waals surface area contributed by atoms with Crippen LogP contribution >= 0.6 is 0 Å². The Bertz CT molecular complexity index is 1350. The van der Waals surface area contributed by atoms with Gasteiger partial charge >= 0.3 is 0 Å². The highest BCUT2D eigenvalue weighted by Crippen LogP contribution is 2.52. The zero-order valence-corrected chi connectivity index (χ0v) is 21.3. The number of ketones is 1. The molecule has 0 saturated heterocycles. The summed E-state index contributed by atoms with van der Waals surface area (Å²) in [6.45, 7) is 3.67. The highest BCUT2D eigenvalue weighted by Gasteiger charge is 2.43. The van der Waals surface area contributed by atoms with E-state index in [1.165, 1.54) is 32.4 Å². The Morgan fingerprint density at radius 3 is 2.24 bits per heavy atom. The van der Waals surface area contributed by atoms with Gasteiger partial charge in [0.25, 0.3) is 0 Å². The van der Waals surface area contributed by atoms with Crippen molar-refractivity contribution >= 4 is 5.78 Å². The molecule has 2 aliphatic heterocycles. The normalized spacial score (nSPS) is 21.3. The minimum atomic E-state index is -1.16. The summed E-state index contributed by atoms with van der Waals surface area (Å²) in [5, 5.41) is 51.1. The van der Waals surface area contributed by atoms with Crippen molar-refractivity contribution < 1.29 is 49.3 Å². The fourth-order valence-corrected chi connectivity index (χ4v) is 4.84. The van der Waals surface area contributed by atoms with Gasteiger partial charge in [-0.15, -0.1) is 0 Å². The van der Waals surface area contributed by atoms with Gasteiger partial charge in [-0.3, -0.25) is 4.79 Å². The molecule has 0 radical (unpaired) electrons. The summed E-state index contributed by atoms with van der Waals surface area (Å²) >= 11 is 0. The van der Waals surface area contributed by atoms with Gasteiger partial charge in [0.1, 0.15) is 28.9 Å². The van der Waals surface area contributed by atoms with Gasteiger partial charge in [0.2, 0.25) is 5.78 Å². The van der Waals surface area contributed by atoms with E-state index in [-0.39, 0.29) is 46.7 Å². The van der Waals surface area contributed by atoms with E-state index < -0.39 is 35.8 Å². The van der Waals surface area contributed by atoms with E-state index in [9.17, 15) is 30.3 Å². The molecule has 10 nitrogen and oxygen atoms in total. The number of aliphatic hydroxyl groups is 1. The predicted molar refractivity (Wildman–Crippen MR) is 136 cm³/mol. The molecule has 0 saturated carbocycles. The number of Topliss-reactive ketones (excluding diaryl/α,β-unsaturated/α-hetero) is 1. The zero-order valence-electron chi connectivity index (χ0n) is 21.3. The second-order valence-electron chi connectivity index (χ2n) is 8.61. The number of fused-ring (bicyclic) bond motifs is 2. The van der Waals surface area contributed by atoms with Crippen molar-refractivity contribution in [2.24, 2.45) is 0 Å². The minimum absolute atomic E-state index is 0.0280. The van der Waals surface area contributed by atoms with Gasteiger partial charge in [0, 0.05) is 24.8 Å². The number of carbonyl (C=O) groups is 1. The second-order valence-corrected chi connectivity index (χ2v) is 8.61. The fourth-order valence-electron chi connectivity index (χ4n) is 4.84. The number of benzene rings is 3. The standard InChI is InChI=1S/C26H24O10.C2H6/c1-33-19-7-11(3-4-16(19)29)23-15(10-27)14-5-12(6-18(31)25(14)36-23)24-26(34-2)22(32)21-17(30)8-13(28)9-20(21)35-24;1-2/h3-9,15,23-24,26-31H,10H2,1-2H3;1-2H3/t15-,23?,24?,26?;/m1./s1. The number of rotatable bonds is 5. The number of hydrogen-bond donors (Lipinski definition) is 5. The molecule has 3 aromatic rings. The van der Waals surface area contributed by atoms with Crippen LogP contribution in [0, 0.1) is 0 Å². The Hall–Kier alpha value is -4.15. The van der Waals surface area contributed by atoms with Crippen LogP contribution in [-0.2, 0) is 4.74 Å². The molecule has 0 aliphatic carbocycles. The summed E-state index contributed by atoms with van der Waals surface area (Å²) < 4.78 is 22.6. The molecule has 0 bridgehead atoms. The molecular formula is C28H30O10. The van der Waals surface area contributed by atoms with Gasteiger partial charge in [-0.1, -0.05) is 19.9 Å². The van der Waals surface area contributed by atoms with Crippen LogP contribution in [0.1, 0.15) is 59.0 Å². The summed E-state index contributed by atoms with van der Waals surface area (Å²) in [5.41, 5.74) is 1.35. The van der Waals surface area contributed by atoms with Gasteiger partial charge < -0.3 is 44.5 Å². The van der Waals surface area contributed by atoms with Gasteiger partial charge in [-0.05, 0) is 35.4 Å². The smallest absolute Gasteiger partial charge is 0.203 e. The second kappa shape index (κ2) is 10.7. The van der Waals surface area contributed by atoms with Gasteiger partial charge in [0.05, 0.1) is 19.6 Å². The molecule has 2 aliphatic rings. The summed E-state index contributed by atoms with van der Waals surface area (Å²) in [6.07, 6.45) is -2.88. The Labute approximate surface area is 219 Å². The largest absolute Gasteiger partial charge is 0.508 e. The number of phenolic OH excluding ortho intramolecular Hbond substituents is 4. The molecule has 0 spiro atoms. The molecule has 202 valence electrons. The van der Waals surface area contributed by atoms with Gasteiger partial charge in [-0.25, -0.2) is 0 Å². The molecule has 5 rings (SSSR count). The topological polar surface area (TPSA) is 155 Å². The quantitative estimate of drug-likeness (QED) is 0.328. The first-order chi connectivity index (χ1) is 18.3. The maximum absolute atomic E-state index is 13.1. The Balaban J connectivity index is 0.00000164. The van der Waals surface area contributed by atoms with E-state index in [4.69, 9.17) is 18.9 Å². The van der Waals surface area contributed by atoms with Crippen molar-refractivity contribution in [2.75, 3.05) is 20.8 Å². The van der Waals surface area contributed by atoms with Crippen LogP contribution in [0.4, 0.5) is 0 Å². The van der Waals surface area contributed by atoms with Crippen molar-refractivity contribution in [1.29, 1.82) is 0 Å². The fraction of sp³-hybridized carbons (Fsp3) is 0.321. The summed E-state index contributed by atoms with van der Waals surface area (Å²) in [5.74, 6) is -1.78. The first kappa shape index (κ1) is 26.9. The summed E-state index contributed by atoms with van der Waals surface area (Å²) in [6, 6.07) is 9.97. The maximum atomic E-state index is 13.1. The van der Waals surface area contributed by atoms with Crippen LogP contribution in [0.25, 0.3) is 0 Å². The molecule has 10 heteroatoms. The number of methoxy groups -OCH3 is 2. The lowest BCUT2D eigenvalue weighted by atomic mass is 9.87. The van der Waals surface area contributed by atoms with Crippen molar-refractivity contribution in [1.82, 2.24) is 0 Å². The van der Waals surface area contributed by atoms with Crippen molar-refractivity contribution in [3.05, 3.63) is 64.7 Å². The third-order valence-corrected chi connectivity index (χ3v) is 6.54. The van der Waals surface area contributed by atoms with Crippen LogP contribution in [0.5, 0.6) is 40.2 Å². The van der Waals surface area contributed by atoms with E-state index >= 15 is 0 Å². The molecule has 5 N–H and O–H groups in total. The predicted octanol–water partition coefficient (Wildman–Crippen LogP) is 4.08. The number of aromatic hydroxyl groups is 4. The minimum Gasteiger partial charge on any atom is -0.508 e. The number of aliphatic hydroxyl groups excluding tert-OH is 1. The Morgan fingerprint density at radius 2 is 1.58 bits per heavy atom. The van der Waals surface area contributed by atoms with E-state index in [0.29, 0.717) is 16.7 Å². The monoisotopic (exact) mass is 526 g/mol. The number of carbonyl (C=O) groups excluding carboxylic acids is 1. The molecule has 38 heavy (non-hydrogen) atoms. The van der Waals surface area contributed by atoms with Crippen LogP contribution in [0.15, 0.2) is 42.5 Å². The maximum Gasteiger partial charge on any atom is 0.203 e. The van der Waals surface area contributed by atoms with Crippen molar-refractivity contribution in [3.63, 3.8) is 0 Å². The summed E-state index contributed by atoms with van der Waals surface area (Å²) in [4.78, 5) is 13.1. The van der Waals surface area contributed by atoms with E-state index in [0.717, 1.165) is 6.07 Å². The lowest BCUT2D eigenvalue weighted by Gasteiger charge is -2.32. The van der Waals surface area contributed by atoms with Crippen LogP contribution < -0.4 is 14.2 Å². The van der Waals surface area contributed by atoms with E-state index in [1.807, 2.05) is 13.8 Å². The lowest BCUT2D eigenvalue weighted by molar-refractivity contribution is -0.00118. The van der Waals surface area contributed by atoms with E-state index in [2.05, 4.69) is 0 Å². The molecule has 3 unspecified atom stereocenters. The molecule has 0 amide bonds. The van der Waals surface area contributed by atoms with Crippen LogP contribution in [-0.4, -0.2) is 58.2 Å². The number of phenols is 4. The average molecular weight is 527 g/mol. The third kappa shape index (κ3) is 4.42. The molecule has 4 atom stereocenters. The number of hydrogen-bond acceptors (Lipinski definition) is 10. The van der Waals surface area contributed by atoms with Gasteiger partial charge in [-0.2, -0.15) is 0 Å². The first-order valence-corrected chi connectivity index (χ1v) is 12.1. The molecule has 2 heterocycles. The number of ether oxygens (including phenoxy) is 4. The summed E-state index contributed by atoms with van der Waals surface area (Å²) in [7, 11) is 2.74. The van der Waals surface area contributed by atoms with Crippen LogP contribution in [0.3, 0.4) is 0 Å². The Kier molecular flexibility index (Phi) is 7.56. The molecule has 3 aromatic carbocycles.